The van der Waals surface area contributed by atoms with Gasteiger partial charge in [0.1, 0.15) is 0 Å². The van der Waals surface area contributed by atoms with E-state index >= 15 is 0 Å². The van der Waals surface area contributed by atoms with Crippen molar-refractivity contribution in [2.45, 2.75) is 12.4 Å². The summed E-state index contributed by atoms with van der Waals surface area (Å²) in [6, 6.07) is 7.94. The lowest BCUT2D eigenvalue weighted by atomic mass is 10.2. The molecule has 0 fully saturated rings. The number of nitrogens with zero attached hydrogens (tertiary/aromatic N) is 1. The first-order chi connectivity index (χ1) is 7.30. The number of thioether (sulfide) groups is 1. The molecule has 0 aliphatic heterocycles. The predicted octanol–water partition coefficient (Wildman–Crippen LogP) is 2.04. The van der Waals surface area contributed by atoms with Crippen LogP contribution in [0.25, 0.3) is 0 Å². The van der Waals surface area contributed by atoms with E-state index in [1.54, 1.807) is 18.8 Å². The first kappa shape index (κ1) is 15.3. The van der Waals surface area contributed by atoms with Crippen molar-refractivity contribution in [1.82, 2.24) is 5.32 Å². The Balaban J connectivity index is 0.00000225. The molecule has 2 N–H and O–H groups in total. The van der Waals surface area contributed by atoms with Crippen molar-refractivity contribution in [2.75, 3.05) is 14.1 Å². The molecule has 0 amide bonds. The summed E-state index contributed by atoms with van der Waals surface area (Å²) < 4.78 is 0. The highest BCUT2D eigenvalue weighted by Crippen LogP contribution is 2.13. The molecule has 0 saturated carbocycles. The predicted molar refractivity (Wildman–Crippen MR) is 73.3 cm³/mol. The zero-order valence-corrected chi connectivity index (χ0v) is 11.1. The van der Waals surface area contributed by atoms with Crippen LogP contribution in [0.15, 0.2) is 29.3 Å². The number of halogens is 1. The van der Waals surface area contributed by atoms with Crippen molar-refractivity contribution in [3.05, 3.63) is 35.4 Å². The van der Waals surface area contributed by atoms with E-state index in [4.69, 9.17) is 5.11 Å². The average Bonchev–Trinajstić information content (AvgIpc) is 2.31. The second-order valence-corrected chi connectivity index (χ2v) is 4.01. The van der Waals surface area contributed by atoms with E-state index < -0.39 is 0 Å². The quantitative estimate of drug-likeness (QED) is 0.646. The summed E-state index contributed by atoms with van der Waals surface area (Å²) in [6.07, 6.45) is 0. The van der Waals surface area contributed by atoms with Crippen LogP contribution < -0.4 is 5.32 Å². The number of hydrogen-bond donors (Lipinski definition) is 2. The minimum absolute atomic E-state index is 0. The maximum absolute atomic E-state index is 8.89. The summed E-state index contributed by atoms with van der Waals surface area (Å²) in [5.74, 6) is 0.888. The summed E-state index contributed by atoms with van der Waals surface area (Å²) in [4.78, 5) is 4.08. The molecule has 1 aromatic rings. The zero-order chi connectivity index (χ0) is 11.1. The number of aliphatic hydroxyl groups is 1. The van der Waals surface area contributed by atoms with Crippen LogP contribution in [0, 0.1) is 0 Å². The van der Waals surface area contributed by atoms with Crippen LogP contribution in [0.2, 0.25) is 0 Å². The van der Waals surface area contributed by atoms with Gasteiger partial charge in [0, 0.05) is 19.8 Å². The monoisotopic (exact) mass is 260 g/mol. The van der Waals surface area contributed by atoms with E-state index in [0.717, 1.165) is 16.5 Å². The number of aliphatic hydroxyl groups excluding tert-OH is 1. The minimum Gasteiger partial charge on any atom is -0.392 e. The third kappa shape index (κ3) is 4.88. The topological polar surface area (TPSA) is 44.6 Å². The number of rotatable bonds is 3. The van der Waals surface area contributed by atoms with Crippen molar-refractivity contribution in [2.24, 2.45) is 4.99 Å². The van der Waals surface area contributed by atoms with Gasteiger partial charge in [-0.05, 0) is 11.1 Å². The summed E-state index contributed by atoms with van der Waals surface area (Å²) in [6.45, 7) is 0.103. The smallest absolute Gasteiger partial charge is 0.156 e. The summed E-state index contributed by atoms with van der Waals surface area (Å²) >= 11 is 1.66. The second kappa shape index (κ2) is 8.44. The SMILES string of the molecule is CN=C(NC)SCc1ccc(CO)cc1.Cl. The molecule has 0 aliphatic carbocycles. The molecule has 0 saturated heterocycles. The maximum Gasteiger partial charge on any atom is 0.156 e. The van der Waals surface area contributed by atoms with Gasteiger partial charge in [0.2, 0.25) is 0 Å². The molecular weight excluding hydrogens is 244 g/mol. The molecule has 0 atom stereocenters. The molecule has 3 nitrogen and oxygen atoms in total. The maximum atomic E-state index is 8.89. The van der Waals surface area contributed by atoms with Gasteiger partial charge in [-0.15, -0.1) is 12.4 Å². The minimum atomic E-state index is 0. The molecule has 0 aliphatic rings. The molecule has 1 rings (SSSR count). The fourth-order valence-corrected chi connectivity index (χ4v) is 1.91. The lowest BCUT2D eigenvalue weighted by Crippen LogP contribution is -2.13. The van der Waals surface area contributed by atoms with E-state index in [0.29, 0.717) is 0 Å². The van der Waals surface area contributed by atoms with Gasteiger partial charge in [-0.2, -0.15) is 0 Å². The Hall–Kier alpha value is -0.710. The van der Waals surface area contributed by atoms with Gasteiger partial charge < -0.3 is 10.4 Å². The van der Waals surface area contributed by atoms with Crippen molar-refractivity contribution in [3.8, 4) is 0 Å². The fraction of sp³-hybridized carbons (Fsp3) is 0.364. The van der Waals surface area contributed by atoms with Gasteiger partial charge in [-0.25, -0.2) is 0 Å². The Morgan fingerprint density at radius 3 is 2.31 bits per heavy atom. The molecular formula is C11H17ClN2OS. The molecule has 0 radical (unpaired) electrons. The van der Waals surface area contributed by atoms with Crippen LogP contribution in [0.1, 0.15) is 11.1 Å². The van der Waals surface area contributed by atoms with Crippen molar-refractivity contribution < 1.29 is 5.11 Å². The number of benzene rings is 1. The van der Waals surface area contributed by atoms with Crippen LogP contribution in [0.3, 0.4) is 0 Å². The normalized spacial score (nSPS) is 10.8. The third-order valence-electron chi connectivity index (χ3n) is 2.00. The van der Waals surface area contributed by atoms with Crippen molar-refractivity contribution >= 4 is 29.3 Å². The van der Waals surface area contributed by atoms with Crippen molar-refractivity contribution in [3.63, 3.8) is 0 Å². The van der Waals surface area contributed by atoms with Crippen LogP contribution in [0.5, 0.6) is 0 Å². The Morgan fingerprint density at radius 1 is 1.31 bits per heavy atom. The molecule has 1 aromatic carbocycles. The first-order valence-electron chi connectivity index (χ1n) is 4.76. The molecule has 0 unspecified atom stereocenters. The van der Waals surface area contributed by atoms with E-state index in [-0.39, 0.29) is 19.0 Å². The highest BCUT2D eigenvalue weighted by atomic mass is 35.5. The number of nitrogens with one attached hydrogen (secondary N) is 1. The number of aliphatic imine (C=N–C) groups is 1. The molecule has 0 bridgehead atoms. The van der Waals surface area contributed by atoms with Gasteiger partial charge in [0.05, 0.1) is 6.61 Å². The van der Waals surface area contributed by atoms with Gasteiger partial charge >= 0.3 is 0 Å². The lowest BCUT2D eigenvalue weighted by Gasteiger charge is -2.04. The Kier molecular flexibility index (Phi) is 8.07. The molecule has 90 valence electrons. The fourth-order valence-electron chi connectivity index (χ4n) is 1.14. The van der Waals surface area contributed by atoms with E-state index in [1.807, 2.05) is 31.3 Å². The van der Waals surface area contributed by atoms with Crippen LogP contribution in [-0.4, -0.2) is 24.4 Å². The highest BCUT2D eigenvalue weighted by Gasteiger charge is 1.98. The lowest BCUT2D eigenvalue weighted by molar-refractivity contribution is 0.282. The highest BCUT2D eigenvalue weighted by molar-refractivity contribution is 8.13. The second-order valence-electron chi connectivity index (χ2n) is 3.04. The molecule has 0 aromatic heterocycles. The van der Waals surface area contributed by atoms with Crippen molar-refractivity contribution in [1.29, 1.82) is 0 Å². The molecule has 0 heterocycles. The van der Waals surface area contributed by atoms with E-state index in [1.165, 1.54) is 5.56 Å². The van der Waals surface area contributed by atoms with E-state index in [2.05, 4.69) is 10.3 Å². The van der Waals surface area contributed by atoms with Gasteiger partial charge in [-0.1, -0.05) is 36.0 Å². The van der Waals surface area contributed by atoms with Crippen LogP contribution in [0.4, 0.5) is 0 Å². The first-order valence-corrected chi connectivity index (χ1v) is 5.74. The Bertz CT molecular complexity index is 327. The largest absolute Gasteiger partial charge is 0.392 e. The summed E-state index contributed by atoms with van der Waals surface area (Å²) in [5.41, 5.74) is 2.18. The van der Waals surface area contributed by atoms with Gasteiger partial charge in [-0.3, -0.25) is 4.99 Å². The van der Waals surface area contributed by atoms with Gasteiger partial charge in [0.25, 0.3) is 0 Å². The average molecular weight is 261 g/mol. The van der Waals surface area contributed by atoms with Crippen LogP contribution in [-0.2, 0) is 12.4 Å². The molecule has 0 spiro atoms. The van der Waals surface area contributed by atoms with Crippen LogP contribution >= 0.6 is 24.2 Å². The summed E-state index contributed by atoms with van der Waals surface area (Å²) in [7, 11) is 3.64. The molecule has 16 heavy (non-hydrogen) atoms. The van der Waals surface area contributed by atoms with Gasteiger partial charge in [0.15, 0.2) is 5.17 Å². The van der Waals surface area contributed by atoms with E-state index in [9.17, 15) is 0 Å². The molecule has 5 heteroatoms. The summed E-state index contributed by atoms with van der Waals surface area (Å²) in [5, 5.41) is 12.8. The number of amidine groups is 1. The zero-order valence-electron chi connectivity index (χ0n) is 9.43. The standard InChI is InChI=1S/C11H16N2OS.ClH/c1-12-11(13-2)15-8-10-5-3-9(7-14)4-6-10;/h3-6,14H,7-8H2,1-2H3,(H,12,13);1H. The third-order valence-corrected chi connectivity index (χ3v) is 3.14. The Morgan fingerprint density at radius 2 is 1.88 bits per heavy atom. The Labute approximate surface area is 107 Å². The number of hydrogen-bond acceptors (Lipinski definition) is 3.